The zero-order chi connectivity index (χ0) is 29.7. The fraction of sp³-hybridized carbons (Fsp3) is 0.606. The van der Waals surface area contributed by atoms with Crippen molar-refractivity contribution in [1.82, 2.24) is 10.6 Å². The van der Waals surface area contributed by atoms with Crippen molar-refractivity contribution in [1.29, 1.82) is 0 Å². The number of nitrogens with one attached hydrogen (secondary N) is 2. The van der Waals surface area contributed by atoms with E-state index in [0.717, 1.165) is 74.8 Å². The van der Waals surface area contributed by atoms with Crippen LogP contribution in [0.25, 0.3) is 0 Å². The topological polar surface area (TPSA) is 90.5 Å². The van der Waals surface area contributed by atoms with Crippen molar-refractivity contribution in [2.45, 2.75) is 57.8 Å². The van der Waals surface area contributed by atoms with E-state index in [1.54, 1.807) is 21.1 Å². The number of hydrogen-bond donors (Lipinski definition) is 2. The zero-order valence-corrected chi connectivity index (χ0v) is 25.7. The number of hydrogen-bond acceptors (Lipinski definition) is 8. The van der Waals surface area contributed by atoms with Gasteiger partial charge in [0.15, 0.2) is 0 Å². The summed E-state index contributed by atoms with van der Waals surface area (Å²) in [6, 6.07) is 14.7. The second kappa shape index (κ2) is 16.7. The Hall–Kier alpha value is -2.85. The number of carbonyl (C=O) groups excluding carboxylic acids is 1. The first-order chi connectivity index (χ1) is 20.5. The normalized spacial score (nSPS) is 20.9. The number of anilines is 1. The summed E-state index contributed by atoms with van der Waals surface area (Å²) in [6.45, 7) is 10.2. The first-order valence-corrected chi connectivity index (χ1v) is 15.3. The van der Waals surface area contributed by atoms with Crippen molar-refractivity contribution in [2.24, 2.45) is 5.92 Å². The average molecular weight is 584 g/mol. The van der Waals surface area contributed by atoms with Crippen LogP contribution in [0.2, 0.25) is 0 Å². The number of methoxy groups -OCH3 is 2. The molecule has 2 aromatic rings. The van der Waals surface area contributed by atoms with E-state index in [2.05, 4.69) is 52.8 Å². The van der Waals surface area contributed by atoms with Crippen molar-refractivity contribution in [2.75, 3.05) is 71.7 Å². The molecule has 4 atom stereocenters. The predicted molar refractivity (Wildman–Crippen MR) is 165 cm³/mol. The fourth-order valence-corrected chi connectivity index (χ4v) is 5.80. The van der Waals surface area contributed by atoms with Crippen molar-refractivity contribution in [3.63, 3.8) is 0 Å². The van der Waals surface area contributed by atoms with Crippen LogP contribution in [0.3, 0.4) is 0 Å². The number of ether oxygens (including phenoxy) is 5. The molecule has 2 aliphatic rings. The summed E-state index contributed by atoms with van der Waals surface area (Å²) >= 11 is 0. The van der Waals surface area contributed by atoms with Crippen LogP contribution in [0.15, 0.2) is 42.5 Å². The van der Waals surface area contributed by atoms with Gasteiger partial charge in [0.05, 0.1) is 37.7 Å². The first-order valence-electron chi connectivity index (χ1n) is 15.3. The van der Waals surface area contributed by atoms with Gasteiger partial charge < -0.3 is 39.2 Å². The minimum Gasteiger partial charge on any atom is -0.494 e. The molecule has 1 fully saturated rings. The van der Waals surface area contributed by atoms with Gasteiger partial charge in [-0.25, -0.2) is 0 Å². The molecule has 4 rings (SSSR count). The molecule has 1 amide bonds. The lowest BCUT2D eigenvalue weighted by Gasteiger charge is -2.39. The maximum Gasteiger partial charge on any atom is 0.216 e. The molecule has 1 saturated heterocycles. The maximum atomic E-state index is 11.8. The molecule has 2 heterocycles. The van der Waals surface area contributed by atoms with Gasteiger partial charge >= 0.3 is 0 Å². The minimum atomic E-state index is -0.0510. The molecule has 0 radical (unpaired) electrons. The van der Waals surface area contributed by atoms with Gasteiger partial charge in [-0.2, -0.15) is 0 Å². The van der Waals surface area contributed by atoms with Gasteiger partial charge in [0, 0.05) is 59.8 Å². The van der Waals surface area contributed by atoms with Crippen molar-refractivity contribution < 1.29 is 28.5 Å². The number of rotatable bonds is 16. The second-order valence-electron chi connectivity index (χ2n) is 11.3. The Morgan fingerprint density at radius 1 is 1.12 bits per heavy atom. The second-order valence-corrected chi connectivity index (χ2v) is 11.3. The largest absolute Gasteiger partial charge is 0.494 e. The number of piperidine rings is 1. The van der Waals surface area contributed by atoms with Gasteiger partial charge in [-0.05, 0) is 67.5 Å². The molecule has 2 N–H and O–H groups in total. The summed E-state index contributed by atoms with van der Waals surface area (Å²) in [5.74, 6) is 2.09. The van der Waals surface area contributed by atoms with E-state index in [1.165, 1.54) is 5.56 Å². The number of nitrogens with zero attached hydrogens (tertiary/aromatic N) is 1. The number of benzene rings is 2. The summed E-state index contributed by atoms with van der Waals surface area (Å²) in [6.07, 6.45) is 3.07. The van der Waals surface area contributed by atoms with Crippen molar-refractivity contribution >= 4 is 11.6 Å². The van der Waals surface area contributed by atoms with E-state index >= 15 is 0 Å². The third kappa shape index (κ3) is 9.33. The molecule has 232 valence electrons. The molecule has 0 bridgehead atoms. The van der Waals surface area contributed by atoms with Gasteiger partial charge in [-0.15, -0.1) is 0 Å². The fourth-order valence-electron chi connectivity index (χ4n) is 5.80. The lowest BCUT2D eigenvalue weighted by Crippen LogP contribution is -2.50. The summed E-state index contributed by atoms with van der Waals surface area (Å²) in [4.78, 5) is 14.1. The number of fused-ring (bicyclic) bond motifs is 1. The van der Waals surface area contributed by atoms with E-state index in [1.807, 2.05) is 12.1 Å². The molecule has 9 nitrogen and oxygen atoms in total. The minimum absolute atomic E-state index is 0.0188. The van der Waals surface area contributed by atoms with Crippen LogP contribution in [0, 0.1) is 5.92 Å². The van der Waals surface area contributed by atoms with Gasteiger partial charge in [0.2, 0.25) is 5.91 Å². The van der Waals surface area contributed by atoms with Gasteiger partial charge in [0.1, 0.15) is 18.1 Å². The Bertz CT molecular complexity index is 1100. The van der Waals surface area contributed by atoms with Gasteiger partial charge in [0.25, 0.3) is 0 Å². The highest BCUT2D eigenvalue weighted by atomic mass is 16.5. The maximum absolute atomic E-state index is 11.8. The molecule has 1 unspecified atom stereocenters. The monoisotopic (exact) mass is 583 g/mol. The average Bonchev–Trinajstić information content (AvgIpc) is 3.01. The molecule has 0 aliphatic carbocycles. The van der Waals surface area contributed by atoms with Crippen LogP contribution < -0.4 is 25.0 Å². The molecule has 0 saturated carbocycles. The predicted octanol–water partition coefficient (Wildman–Crippen LogP) is 4.14. The highest BCUT2D eigenvalue weighted by molar-refractivity contribution is 5.72. The Morgan fingerprint density at radius 2 is 1.95 bits per heavy atom. The summed E-state index contributed by atoms with van der Waals surface area (Å²) in [7, 11) is 3.48. The molecule has 2 aliphatic heterocycles. The summed E-state index contributed by atoms with van der Waals surface area (Å²) in [5.41, 5.74) is 3.43. The third-order valence-electron chi connectivity index (χ3n) is 8.19. The van der Waals surface area contributed by atoms with Crippen LogP contribution in [-0.4, -0.2) is 84.9 Å². The number of carbonyl (C=O) groups is 1. The lowest BCUT2D eigenvalue weighted by molar-refractivity contribution is -0.119. The van der Waals surface area contributed by atoms with Gasteiger partial charge in [-0.3, -0.25) is 4.79 Å². The molecule has 0 aromatic heterocycles. The summed E-state index contributed by atoms with van der Waals surface area (Å²) in [5, 5.41) is 6.57. The first kappa shape index (κ1) is 32.1. The zero-order valence-electron chi connectivity index (χ0n) is 25.7. The van der Waals surface area contributed by atoms with Crippen LogP contribution in [0.5, 0.6) is 11.5 Å². The molecule has 42 heavy (non-hydrogen) atoms. The molecule has 0 spiro atoms. The van der Waals surface area contributed by atoms with Crippen LogP contribution in [0.4, 0.5) is 5.69 Å². The van der Waals surface area contributed by atoms with Crippen molar-refractivity contribution in [3.8, 4) is 11.5 Å². The Kier molecular flexibility index (Phi) is 12.8. The van der Waals surface area contributed by atoms with Crippen molar-refractivity contribution in [3.05, 3.63) is 53.6 Å². The Labute approximate surface area is 251 Å². The van der Waals surface area contributed by atoms with E-state index in [0.29, 0.717) is 26.4 Å². The van der Waals surface area contributed by atoms with Crippen LogP contribution in [-0.2, 0) is 25.6 Å². The van der Waals surface area contributed by atoms with Gasteiger partial charge in [-0.1, -0.05) is 18.2 Å². The summed E-state index contributed by atoms with van der Waals surface area (Å²) < 4.78 is 29.1. The van der Waals surface area contributed by atoms with E-state index in [9.17, 15) is 4.79 Å². The number of amides is 1. The Morgan fingerprint density at radius 3 is 2.71 bits per heavy atom. The molecular weight excluding hydrogens is 534 g/mol. The quantitative estimate of drug-likeness (QED) is 0.285. The smallest absolute Gasteiger partial charge is 0.216 e. The van der Waals surface area contributed by atoms with E-state index in [-0.39, 0.29) is 30.0 Å². The lowest BCUT2D eigenvalue weighted by atomic mass is 9.79. The molecule has 9 heteroatoms. The SMILES string of the molecule is COCCCN1CCOc2ccc(CO[C@H]3CNC[C@@H](CNC(C)=O)[C@@H]3c3ccc(OCCCC(C)OC)cc3)cc21. The Balaban J connectivity index is 1.43. The third-order valence-corrected chi connectivity index (χ3v) is 8.19. The highest BCUT2D eigenvalue weighted by Crippen LogP contribution is 2.36. The standard InChI is InChI=1S/C33H49N3O6/c1-24(39-4)7-5-17-40-29-11-9-27(10-12-29)33-28(21-35-25(2)37)20-34-22-32(33)42-23-26-8-13-31-30(19-26)36(15-18-41-31)14-6-16-38-3/h8-13,19,24,28,32-34H,5-7,14-18,20-23H2,1-4H3,(H,35,37)/t24?,28-,32-,33-/m0/s1. The molecule has 2 aromatic carbocycles. The van der Waals surface area contributed by atoms with Crippen LogP contribution in [0.1, 0.15) is 50.2 Å². The van der Waals surface area contributed by atoms with E-state index in [4.69, 9.17) is 23.7 Å². The highest BCUT2D eigenvalue weighted by Gasteiger charge is 2.35. The molecular formula is C33H49N3O6. The van der Waals surface area contributed by atoms with Crippen LogP contribution >= 0.6 is 0 Å². The van der Waals surface area contributed by atoms with E-state index < -0.39 is 0 Å².